The van der Waals surface area contributed by atoms with Gasteiger partial charge < -0.3 is 10.6 Å². The standard InChI is InChI=1S/C15H16ClN3S/c16-15-8-7-14(20-15)13(11-18)19(10-4-9-17)12-5-2-1-3-6-12/h1-3,5-8,13H,4,10-11,18H2. The van der Waals surface area contributed by atoms with Crippen LogP contribution in [-0.4, -0.2) is 13.1 Å². The van der Waals surface area contributed by atoms with Crippen molar-refractivity contribution in [3.05, 3.63) is 51.7 Å². The molecule has 0 bridgehead atoms. The normalized spacial score (nSPS) is 11.8. The number of nitrogens with two attached hydrogens (primary N) is 1. The molecule has 1 aromatic carbocycles. The third-order valence-electron chi connectivity index (χ3n) is 3.07. The average molecular weight is 306 g/mol. The van der Waals surface area contributed by atoms with Crippen molar-refractivity contribution in [2.75, 3.05) is 18.0 Å². The maximum absolute atomic E-state index is 8.86. The van der Waals surface area contributed by atoms with E-state index in [1.54, 1.807) is 0 Å². The van der Waals surface area contributed by atoms with E-state index in [2.05, 4.69) is 11.0 Å². The molecule has 0 aliphatic heterocycles. The van der Waals surface area contributed by atoms with E-state index < -0.39 is 0 Å². The molecule has 0 radical (unpaired) electrons. The van der Waals surface area contributed by atoms with Crippen LogP contribution in [0.25, 0.3) is 0 Å². The monoisotopic (exact) mass is 305 g/mol. The first kappa shape index (κ1) is 14.9. The Bertz CT molecular complexity index is 576. The highest BCUT2D eigenvalue weighted by Gasteiger charge is 2.20. The molecule has 2 rings (SSSR count). The Morgan fingerprint density at radius 2 is 2.00 bits per heavy atom. The minimum atomic E-state index is 0.0447. The topological polar surface area (TPSA) is 53.0 Å². The molecule has 104 valence electrons. The maximum Gasteiger partial charge on any atom is 0.0932 e. The van der Waals surface area contributed by atoms with Crippen molar-refractivity contribution in [1.29, 1.82) is 5.26 Å². The molecular formula is C15H16ClN3S. The van der Waals surface area contributed by atoms with Gasteiger partial charge in [-0.2, -0.15) is 5.26 Å². The number of anilines is 1. The third-order valence-corrected chi connectivity index (χ3v) is 4.41. The van der Waals surface area contributed by atoms with E-state index in [1.165, 1.54) is 11.3 Å². The first-order valence-electron chi connectivity index (χ1n) is 6.40. The second-order valence-corrected chi connectivity index (χ2v) is 6.08. The Labute approximate surface area is 128 Å². The van der Waals surface area contributed by atoms with Gasteiger partial charge >= 0.3 is 0 Å². The predicted molar refractivity (Wildman–Crippen MR) is 85.1 cm³/mol. The highest BCUT2D eigenvalue weighted by atomic mass is 35.5. The number of hydrogen-bond donors (Lipinski definition) is 1. The number of thiophene rings is 1. The van der Waals surface area contributed by atoms with Crippen molar-refractivity contribution in [3.8, 4) is 6.07 Å². The minimum Gasteiger partial charge on any atom is -0.361 e. The molecule has 1 heterocycles. The molecule has 1 aromatic heterocycles. The van der Waals surface area contributed by atoms with Crippen LogP contribution in [0.5, 0.6) is 0 Å². The fraction of sp³-hybridized carbons (Fsp3) is 0.267. The molecule has 1 atom stereocenters. The highest BCUT2D eigenvalue weighted by molar-refractivity contribution is 7.16. The second kappa shape index (κ2) is 7.30. The lowest BCUT2D eigenvalue weighted by molar-refractivity contribution is 0.641. The van der Waals surface area contributed by atoms with Gasteiger partial charge in [0.15, 0.2) is 0 Å². The second-order valence-electron chi connectivity index (χ2n) is 4.33. The quantitative estimate of drug-likeness (QED) is 0.882. The Hall–Kier alpha value is -1.54. The molecule has 0 aliphatic carbocycles. The minimum absolute atomic E-state index is 0.0447. The van der Waals surface area contributed by atoms with Crippen molar-refractivity contribution in [1.82, 2.24) is 0 Å². The summed E-state index contributed by atoms with van der Waals surface area (Å²) in [5, 5.41) is 8.86. The van der Waals surface area contributed by atoms with Crippen molar-refractivity contribution in [3.63, 3.8) is 0 Å². The van der Waals surface area contributed by atoms with Gasteiger partial charge in [0, 0.05) is 23.7 Å². The number of nitrogens with zero attached hydrogens (tertiary/aromatic N) is 2. The van der Waals surface area contributed by atoms with Crippen LogP contribution in [0.4, 0.5) is 5.69 Å². The summed E-state index contributed by atoms with van der Waals surface area (Å²) in [6, 6.07) is 16.2. The van der Waals surface area contributed by atoms with E-state index in [9.17, 15) is 0 Å². The number of para-hydroxylation sites is 1. The smallest absolute Gasteiger partial charge is 0.0932 e. The summed E-state index contributed by atoms with van der Waals surface area (Å²) in [6.07, 6.45) is 0.463. The van der Waals surface area contributed by atoms with Crippen LogP contribution in [0, 0.1) is 11.3 Å². The Kier molecular flexibility index (Phi) is 5.42. The van der Waals surface area contributed by atoms with Crippen LogP contribution >= 0.6 is 22.9 Å². The number of nitriles is 1. The lowest BCUT2D eigenvalue weighted by Crippen LogP contribution is -2.34. The van der Waals surface area contributed by atoms with E-state index in [1.807, 2.05) is 42.5 Å². The number of rotatable bonds is 6. The van der Waals surface area contributed by atoms with Crippen LogP contribution in [-0.2, 0) is 0 Å². The molecule has 0 spiro atoms. The van der Waals surface area contributed by atoms with E-state index >= 15 is 0 Å². The SMILES string of the molecule is N#CCCN(c1ccccc1)C(CN)c1ccc(Cl)s1. The van der Waals surface area contributed by atoms with Gasteiger partial charge in [-0.3, -0.25) is 0 Å². The number of benzene rings is 1. The van der Waals surface area contributed by atoms with Crippen LogP contribution < -0.4 is 10.6 Å². The molecule has 0 amide bonds. The summed E-state index contributed by atoms with van der Waals surface area (Å²) in [6.45, 7) is 1.13. The highest BCUT2D eigenvalue weighted by Crippen LogP contribution is 2.32. The van der Waals surface area contributed by atoms with Gasteiger partial charge in [-0.1, -0.05) is 29.8 Å². The lowest BCUT2D eigenvalue weighted by atomic mass is 10.1. The fourth-order valence-electron chi connectivity index (χ4n) is 2.16. The van der Waals surface area contributed by atoms with E-state index in [0.717, 1.165) is 14.9 Å². The molecule has 0 saturated carbocycles. The summed E-state index contributed by atoms with van der Waals surface area (Å²) in [7, 11) is 0. The Balaban J connectivity index is 2.31. The van der Waals surface area contributed by atoms with Crippen molar-refractivity contribution >= 4 is 28.6 Å². The first-order chi connectivity index (χ1) is 9.76. The zero-order chi connectivity index (χ0) is 14.4. The van der Waals surface area contributed by atoms with Gasteiger partial charge in [0.1, 0.15) is 0 Å². The summed E-state index contributed by atoms with van der Waals surface area (Å²) in [5.74, 6) is 0. The first-order valence-corrected chi connectivity index (χ1v) is 7.59. The molecule has 20 heavy (non-hydrogen) atoms. The molecular weight excluding hydrogens is 290 g/mol. The number of hydrogen-bond acceptors (Lipinski definition) is 4. The molecule has 5 heteroatoms. The summed E-state index contributed by atoms with van der Waals surface area (Å²) >= 11 is 7.56. The van der Waals surface area contributed by atoms with Gasteiger partial charge in [-0.25, -0.2) is 0 Å². The molecule has 0 fully saturated rings. The molecule has 2 N–H and O–H groups in total. The number of halogens is 1. The van der Waals surface area contributed by atoms with Gasteiger partial charge in [-0.15, -0.1) is 11.3 Å². The van der Waals surface area contributed by atoms with Crippen LogP contribution in [0.15, 0.2) is 42.5 Å². The van der Waals surface area contributed by atoms with Crippen LogP contribution in [0.1, 0.15) is 17.3 Å². The molecule has 0 saturated heterocycles. The van der Waals surface area contributed by atoms with Crippen molar-refractivity contribution < 1.29 is 0 Å². The van der Waals surface area contributed by atoms with Gasteiger partial charge in [-0.05, 0) is 24.3 Å². The third kappa shape index (κ3) is 3.51. The summed E-state index contributed by atoms with van der Waals surface area (Å²) in [5.41, 5.74) is 7.03. The fourth-order valence-corrected chi connectivity index (χ4v) is 3.35. The van der Waals surface area contributed by atoms with Gasteiger partial charge in [0.05, 0.1) is 22.9 Å². The molecule has 1 unspecified atom stereocenters. The predicted octanol–water partition coefficient (Wildman–Crippen LogP) is 3.82. The average Bonchev–Trinajstić information content (AvgIpc) is 2.90. The van der Waals surface area contributed by atoms with Gasteiger partial charge in [0.25, 0.3) is 0 Å². The summed E-state index contributed by atoms with van der Waals surface area (Å²) in [4.78, 5) is 3.30. The van der Waals surface area contributed by atoms with E-state index in [-0.39, 0.29) is 6.04 Å². The Morgan fingerprint density at radius 3 is 2.55 bits per heavy atom. The van der Waals surface area contributed by atoms with Crippen LogP contribution in [0.2, 0.25) is 4.34 Å². The zero-order valence-electron chi connectivity index (χ0n) is 11.0. The Morgan fingerprint density at radius 1 is 1.25 bits per heavy atom. The lowest BCUT2D eigenvalue weighted by Gasteiger charge is -2.32. The maximum atomic E-state index is 8.86. The zero-order valence-corrected chi connectivity index (χ0v) is 12.6. The molecule has 0 aliphatic rings. The molecule has 3 nitrogen and oxygen atoms in total. The summed E-state index contributed by atoms with van der Waals surface area (Å²) < 4.78 is 0.756. The van der Waals surface area contributed by atoms with E-state index in [4.69, 9.17) is 22.6 Å². The largest absolute Gasteiger partial charge is 0.361 e. The van der Waals surface area contributed by atoms with Crippen molar-refractivity contribution in [2.24, 2.45) is 5.73 Å². The van der Waals surface area contributed by atoms with E-state index in [0.29, 0.717) is 19.5 Å². The molecule has 2 aromatic rings. The van der Waals surface area contributed by atoms with Crippen LogP contribution in [0.3, 0.4) is 0 Å². The van der Waals surface area contributed by atoms with Gasteiger partial charge in [0.2, 0.25) is 0 Å². The van der Waals surface area contributed by atoms with Crippen molar-refractivity contribution in [2.45, 2.75) is 12.5 Å².